The van der Waals surface area contributed by atoms with Crippen LogP contribution in [0.1, 0.15) is 50.7 Å². The maximum Gasteiger partial charge on any atom is 0.323 e. The number of thioether (sulfide) groups is 1. The lowest BCUT2D eigenvalue weighted by molar-refractivity contribution is -0.150. The van der Waals surface area contributed by atoms with Crippen LogP contribution >= 0.6 is 11.8 Å². The van der Waals surface area contributed by atoms with Gasteiger partial charge < -0.3 is 34.9 Å². The number of hydrogen-bond acceptors (Lipinski definition) is 12. The number of aryl methyl sites for hydroxylation is 1. The normalized spacial score (nSPS) is 31.9. The third-order valence-electron chi connectivity index (χ3n) is 9.47. The summed E-state index contributed by atoms with van der Waals surface area (Å²) < 4.78 is 23.2. The van der Waals surface area contributed by atoms with E-state index in [4.69, 9.17) is 24.7 Å². The fraction of sp³-hybridized carbons (Fsp3) is 0.517. The second kappa shape index (κ2) is 9.32. The summed E-state index contributed by atoms with van der Waals surface area (Å²) in [5, 5.41) is 33.7. The molecule has 12 heteroatoms. The van der Waals surface area contributed by atoms with Crippen LogP contribution in [0.2, 0.25) is 0 Å². The van der Waals surface area contributed by atoms with E-state index in [0.717, 1.165) is 16.7 Å². The number of rotatable bonds is 1. The van der Waals surface area contributed by atoms with Gasteiger partial charge >= 0.3 is 5.97 Å². The van der Waals surface area contributed by atoms with Gasteiger partial charge in [0.15, 0.2) is 23.0 Å². The van der Waals surface area contributed by atoms with Crippen molar-refractivity contribution in [2.24, 2.45) is 5.73 Å². The molecule has 0 spiro atoms. The largest absolute Gasteiger partial charge is 0.507 e. The van der Waals surface area contributed by atoms with E-state index in [1.54, 1.807) is 14.0 Å². The molecule has 0 amide bonds. The Morgan fingerprint density at radius 3 is 2.63 bits per heavy atom. The van der Waals surface area contributed by atoms with Crippen LogP contribution < -0.4 is 19.9 Å². The summed E-state index contributed by atoms with van der Waals surface area (Å²) in [6.45, 7) is 3.61. The standard InChI is InChI=1S/C29H32N4O7S/c1-11-5-13-6-15-16(7-30)33-17-8-38-29(36)14(31)9-41-28(20-19(17)27-26(39-10-40-27)12(2)23(20)34)22(33)21(32(15)3)18(13)24(35)25(11)37-4/h5,14-17,21-22,28,34-35H,6,8-10,31H2,1-4H3/t14-,15+,16+,17+,21-,22?,28-/m1/s1. The summed E-state index contributed by atoms with van der Waals surface area (Å²) in [5.74, 6) is 1.27. The van der Waals surface area contributed by atoms with Crippen LogP contribution in [-0.4, -0.2) is 83.5 Å². The van der Waals surface area contributed by atoms with Crippen LogP contribution in [0.5, 0.6) is 28.7 Å². The van der Waals surface area contributed by atoms with Gasteiger partial charge in [0, 0.05) is 40.1 Å². The van der Waals surface area contributed by atoms with Crippen LogP contribution in [0, 0.1) is 25.2 Å². The zero-order valence-electron chi connectivity index (χ0n) is 23.2. The number of phenolic OH excluding ortho intramolecular Hbond substituents is 2. The number of nitrogens with zero attached hydrogens (tertiary/aromatic N) is 3. The highest BCUT2D eigenvalue weighted by molar-refractivity contribution is 7.99. The Bertz CT molecular complexity index is 1530. The van der Waals surface area contributed by atoms with E-state index in [0.29, 0.717) is 40.4 Å². The zero-order valence-corrected chi connectivity index (χ0v) is 24.0. The number of fused-ring (bicyclic) bond motifs is 9. The molecule has 11 nitrogen and oxygen atoms in total. The first kappa shape index (κ1) is 26.5. The minimum atomic E-state index is -0.857. The average Bonchev–Trinajstić information content (AvgIpc) is 3.44. The zero-order chi connectivity index (χ0) is 28.9. The van der Waals surface area contributed by atoms with E-state index >= 15 is 0 Å². The van der Waals surface area contributed by atoms with Gasteiger partial charge in [0.2, 0.25) is 6.79 Å². The molecule has 0 aromatic heterocycles. The van der Waals surface area contributed by atoms with Gasteiger partial charge in [0.05, 0.1) is 30.5 Å². The number of ether oxygens (including phenoxy) is 4. The van der Waals surface area contributed by atoms with Crippen LogP contribution in [0.3, 0.4) is 0 Å². The molecule has 5 aliphatic heterocycles. The van der Waals surface area contributed by atoms with E-state index in [1.807, 2.05) is 20.0 Å². The number of esters is 1. The highest BCUT2D eigenvalue weighted by atomic mass is 32.2. The number of aromatic hydroxyl groups is 2. The summed E-state index contributed by atoms with van der Waals surface area (Å²) >= 11 is 1.45. The summed E-state index contributed by atoms with van der Waals surface area (Å²) in [6.07, 6.45) is 0.543. The number of carbonyl (C=O) groups excluding carboxylic acids is 1. The number of benzene rings is 2. The third kappa shape index (κ3) is 3.46. The minimum absolute atomic E-state index is 0.000740. The predicted molar refractivity (Wildman–Crippen MR) is 148 cm³/mol. The average molecular weight is 581 g/mol. The van der Waals surface area contributed by atoms with Crippen molar-refractivity contribution in [3.63, 3.8) is 0 Å². The lowest BCUT2D eigenvalue weighted by Gasteiger charge is -2.61. The lowest BCUT2D eigenvalue weighted by Crippen LogP contribution is -2.69. The van der Waals surface area contributed by atoms with Crippen molar-refractivity contribution < 1.29 is 34.0 Å². The second-order valence-electron chi connectivity index (χ2n) is 11.4. The number of methoxy groups -OCH3 is 1. The van der Waals surface area contributed by atoms with Gasteiger partial charge in [-0.15, -0.1) is 11.8 Å². The first-order valence-corrected chi connectivity index (χ1v) is 14.7. The van der Waals surface area contributed by atoms with E-state index in [2.05, 4.69) is 15.9 Å². The molecule has 2 aromatic rings. The molecule has 216 valence electrons. The molecule has 2 fully saturated rings. The van der Waals surface area contributed by atoms with Gasteiger partial charge in [-0.2, -0.15) is 5.26 Å². The minimum Gasteiger partial charge on any atom is -0.507 e. The Balaban J connectivity index is 1.54. The molecular formula is C29H32N4O7S. The van der Waals surface area contributed by atoms with Crippen LogP contribution in [-0.2, 0) is 16.0 Å². The quantitative estimate of drug-likeness (QED) is 0.425. The smallest absolute Gasteiger partial charge is 0.323 e. The molecule has 0 aliphatic carbocycles. The van der Waals surface area contributed by atoms with Gasteiger partial charge in [0.1, 0.15) is 24.4 Å². The maximum absolute atomic E-state index is 12.8. The lowest BCUT2D eigenvalue weighted by atomic mass is 9.71. The monoisotopic (exact) mass is 580 g/mol. The number of nitrogens with two attached hydrogens (primary N) is 1. The number of likely N-dealkylation sites (N-methyl/N-ethyl adjacent to an activating group) is 1. The topological polar surface area (TPSA) is 151 Å². The van der Waals surface area contributed by atoms with Crippen molar-refractivity contribution in [2.75, 3.05) is 33.3 Å². The van der Waals surface area contributed by atoms with Crippen molar-refractivity contribution in [2.45, 2.75) is 61.8 Å². The van der Waals surface area contributed by atoms with Gasteiger partial charge in [-0.3, -0.25) is 14.6 Å². The molecule has 2 saturated heterocycles. The van der Waals surface area contributed by atoms with E-state index in [-0.39, 0.29) is 42.7 Å². The first-order chi connectivity index (χ1) is 19.7. The van der Waals surface area contributed by atoms with Crippen LogP contribution in [0.25, 0.3) is 0 Å². The highest BCUT2D eigenvalue weighted by Gasteiger charge is 2.60. The molecule has 5 heterocycles. The summed E-state index contributed by atoms with van der Waals surface area (Å²) in [6, 6.07) is 1.56. The van der Waals surface area contributed by atoms with Gasteiger partial charge in [-0.05, 0) is 38.4 Å². The highest BCUT2D eigenvalue weighted by Crippen LogP contribution is 2.63. The number of carbonyl (C=O) groups is 1. The second-order valence-corrected chi connectivity index (χ2v) is 12.6. The van der Waals surface area contributed by atoms with Gasteiger partial charge in [-0.1, -0.05) is 6.07 Å². The molecule has 5 aliphatic rings. The number of hydrogen-bond donors (Lipinski definition) is 3. The number of nitriles is 1. The van der Waals surface area contributed by atoms with Crippen molar-refractivity contribution >= 4 is 17.7 Å². The van der Waals surface area contributed by atoms with Crippen molar-refractivity contribution in [1.82, 2.24) is 9.80 Å². The summed E-state index contributed by atoms with van der Waals surface area (Å²) in [5.41, 5.74) is 10.7. The fourth-order valence-corrected chi connectivity index (χ4v) is 9.16. The molecule has 2 aromatic carbocycles. The molecular weight excluding hydrogens is 548 g/mol. The number of cyclic esters (lactones) is 1. The van der Waals surface area contributed by atoms with Crippen LogP contribution in [0.4, 0.5) is 0 Å². The molecule has 4 bridgehead atoms. The van der Waals surface area contributed by atoms with Gasteiger partial charge in [-0.25, -0.2) is 0 Å². The van der Waals surface area contributed by atoms with E-state index in [9.17, 15) is 20.3 Å². The Morgan fingerprint density at radius 2 is 1.90 bits per heavy atom. The van der Waals surface area contributed by atoms with Crippen molar-refractivity contribution in [1.29, 1.82) is 5.26 Å². The Hall–Kier alpha value is -3.37. The maximum atomic E-state index is 12.8. The Morgan fingerprint density at radius 1 is 1.15 bits per heavy atom. The van der Waals surface area contributed by atoms with E-state index < -0.39 is 35.4 Å². The van der Waals surface area contributed by atoms with Crippen molar-refractivity contribution in [3.05, 3.63) is 39.4 Å². The van der Waals surface area contributed by atoms with Gasteiger partial charge in [0.25, 0.3) is 0 Å². The summed E-state index contributed by atoms with van der Waals surface area (Å²) in [7, 11) is 3.53. The Kier molecular flexibility index (Phi) is 6.03. The van der Waals surface area contributed by atoms with E-state index in [1.165, 1.54) is 11.8 Å². The number of phenols is 2. The Labute approximate surface area is 241 Å². The molecule has 7 atom stereocenters. The summed E-state index contributed by atoms with van der Waals surface area (Å²) in [4.78, 5) is 17.1. The molecule has 4 N–H and O–H groups in total. The number of piperazine rings is 1. The molecule has 41 heavy (non-hydrogen) atoms. The fourth-order valence-electron chi connectivity index (χ4n) is 7.72. The first-order valence-electron chi connectivity index (χ1n) is 13.7. The molecule has 0 saturated carbocycles. The molecule has 1 unspecified atom stereocenters. The predicted octanol–water partition coefficient (Wildman–Crippen LogP) is 2.34. The third-order valence-corrected chi connectivity index (χ3v) is 10.9. The molecule has 7 rings (SSSR count). The van der Waals surface area contributed by atoms with Crippen LogP contribution in [0.15, 0.2) is 6.07 Å². The van der Waals surface area contributed by atoms with Crippen molar-refractivity contribution in [3.8, 4) is 34.8 Å². The molecule has 0 radical (unpaired) electrons. The SMILES string of the molecule is COc1c(C)cc2c(c1O)[C@@H]1C3[C@@H]4SC[C@@H](N)C(=O)OC[C@@H](c5c6c(c(C)c(O)c54)OCO6)N3[C@@H](C#N)[C@H](C2)N1C.